The number of guanidine groups is 1. The van der Waals surface area contributed by atoms with Gasteiger partial charge in [-0.25, -0.2) is 9.98 Å². The van der Waals surface area contributed by atoms with Gasteiger partial charge in [0, 0.05) is 41.5 Å². The van der Waals surface area contributed by atoms with Gasteiger partial charge in [0.25, 0.3) is 0 Å². The first kappa shape index (κ1) is 16.6. The Bertz CT molecular complexity index is 740. The van der Waals surface area contributed by atoms with Gasteiger partial charge in [0.05, 0.1) is 12.2 Å². The van der Waals surface area contributed by atoms with Crippen LogP contribution in [0.25, 0.3) is 5.57 Å². The summed E-state index contributed by atoms with van der Waals surface area (Å²) in [5.41, 5.74) is 3.57. The van der Waals surface area contributed by atoms with Crippen LogP contribution in [0.3, 0.4) is 0 Å². The third-order valence-corrected chi connectivity index (χ3v) is 4.68. The summed E-state index contributed by atoms with van der Waals surface area (Å²) in [6.07, 6.45) is 6.61. The van der Waals surface area contributed by atoms with Crippen LogP contribution in [0.2, 0.25) is 0 Å². The Kier molecular flexibility index (Phi) is 4.94. The van der Waals surface area contributed by atoms with Crippen molar-refractivity contribution >= 4 is 22.9 Å². The molecule has 0 saturated carbocycles. The van der Waals surface area contributed by atoms with Gasteiger partial charge in [-0.2, -0.15) is 0 Å². The van der Waals surface area contributed by atoms with Crippen LogP contribution in [0.15, 0.2) is 41.1 Å². The second-order valence-electron chi connectivity index (χ2n) is 6.80. The lowest BCUT2D eigenvalue weighted by atomic mass is 9.93. The number of thiazole rings is 1. The van der Waals surface area contributed by atoms with Gasteiger partial charge in [-0.15, -0.1) is 11.3 Å². The molecule has 5 nitrogen and oxygen atoms in total. The molecule has 1 aliphatic heterocycles. The first-order valence-corrected chi connectivity index (χ1v) is 8.99. The normalized spacial score (nSPS) is 14.6. The highest BCUT2D eigenvalue weighted by Crippen LogP contribution is 2.27. The molecular weight excluding hydrogens is 318 g/mol. The Morgan fingerprint density at radius 1 is 1.33 bits per heavy atom. The van der Waals surface area contributed by atoms with Crippen molar-refractivity contribution in [2.45, 2.75) is 32.6 Å². The summed E-state index contributed by atoms with van der Waals surface area (Å²) in [5, 5.41) is 9.74. The number of aliphatic imine (C=N–C) groups is 1. The van der Waals surface area contributed by atoms with Crippen molar-refractivity contribution in [1.82, 2.24) is 20.6 Å². The van der Waals surface area contributed by atoms with Gasteiger partial charge >= 0.3 is 0 Å². The predicted octanol–water partition coefficient (Wildman–Crippen LogP) is 2.97. The zero-order chi connectivity index (χ0) is 17.0. The fraction of sp³-hybridized carbons (Fsp3) is 0.389. The first-order chi connectivity index (χ1) is 11.5. The molecule has 0 unspecified atom stereocenters. The molecule has 3 rings (SSSR count). The molecule has 0 bridgehead atoms. The van der Waals surface area contributed by atoms with Crippen molar-refractivity contribution in [3.8, 4) is 0 Å². The lowest BCUT2D eigenvalue weighted by molar-refractivity contribution is 0.572. The van der Waals surface area contributed by atoms with Gasteiger partial charge in [0.15, 0.2) is 5.96 Å². The number of hydrogen-bond acceptors (Lipinski definition) is 6. The molecule has 1 aliphatic rings. The monoisotopic (exact) mass is 341 g/mol. The van der Waals surface area contributed by atoms with Crippen LogP contribution in [0, 0.1) is 0 Å². The molecule has 0 amide bonds. The minimum Gasteiger partial charge on any atom is -0.356 e. The highest BCUT2D eigenvalue weighted by atomic mass is 32.1. The van der Waals surface area contributed by atoms with Crippen molar-refractivity contribution in [1.29, 1.82) is 0 Å². The van der Waals surface area contributed by atoms with E-state index in [0.717, 1.165) is 35.2 Å². The predicted molar refractivity (Wildman–Crippen MR) is 100 cm³/mol. The third-order valence-electron chi connectivity index (χ3n) is 3.77. The maximum absolute atomic E-state index is 4.75. The minimum absolute atomic E-state index is 0.0830. The molecular formula is C18H23N5S. The summed E-state index contributed by atoms with van der Waals surface area (Å²) in [4.78, 5) is 13.4. The van der Waals surface area contributed by atoms with E-state index >= 15 is 0 Å². The highest BCUT2D eigenvalue weighted by Gasteiger charge is 2.19. The fourth-order valence-corrected chi connectivity index (χ4v) is 3.34. The summed E-state index contributed by atoms with van der Waals surface area (Å²) < 4.78 is 0. The molecule has 6 heteroatoms. The molecule has 0 aliphatic carbocycles. The van der Waals surface area contributed by atoms with Crippen molar-refractivity contribution < 1.29 is 0 Å². The Hall–Kier alpha value is -2.21. The molecule has 126 valence electrons. The number of nitrogens with one attached hydrogen (secondary N) is 2. The smallest absolute Gasteiger partial charge is 0.195 e. The molecule has 0 spiro atoms. The summed E-state index contributed by atoms with van der Waals surface area (Å²) in [5.74, 6) is 0.815. The number of rotatable bonds is 4. The van der Waals surface area contributed by atoms with Crippen LogP contribution >= 0.6 is 11.3 Å². The topological polar surface area (TPSA) is 62.2 Å². The van der Waals surface area contributed by atoms with Gasteiger partial charge in [0.2, 0.25) is 0 Å². The number of aromatic nitrogens is 2. The quantitative estimate of drug-likeness (QED) is 0.897. The number of pyridine rings is 1. The molecule has 0 aromatic carbocycles. The van der Waals surface area contributed by atoms with Crippen LogP contribution < -0.4 is 10.6 Å². The molecule has 0 fully saturated rings. The average molecular weight is 341 g/mol. The molecule has 0 saturated heterocycles. The Morgan fingerprint density at radius 3 is 2.83 bits per heavy atom. The van der Waals surface area contributed by atoms with Crippen molar-refractivity contribution in [3.05, 3.63) is 52.4 Å². The Labute approximate surface area is 147 Å². The minimum atomic E-state index is 0.0830. The second kappa shape index (κ2) is 7.13. The number of hydrogen-bond donors (Lipinski definition) is 2. The maximum Gasteiger partial charge on any atom is 0.195 e. The summed E-state index contributed by atoms with van der Waals surface area (Å²) in [6, 6.07) is 4.04. The van der Waals surface area contributed by atoms with Crippen molar-refractivity contribution in [2.24, 2.45) is 4.99 Å². The van der Waals surface area contributed by atoms with Gasteiger partial charge in [-0.05, 0) is 18.1 Å². The average Bonchev–Trinajstić information content (AvgIpc) is 3.07. The third kappa shape index (κ3) is 4.20. The Morgan fingerprint density at radius 2 is 2.21 bits per heavy atom. The van der Waals surface area contributed by atoms with E-state index in [1.807, 2.05) is 18.5 Å². The summed E-state index contributed by atoms with van der Waals surface area (Å²) >= 11 is 1.68. The van der Waals surface area contributed by atoms with E-state index < -0.39 is 0 Å². The molecule has 0 radical (unpaired) electrons. The van der Waals surface area contributed by atoms with E-state index in [1.165, 1.54) is 5.56 Å². The van der Waals surface area contributed by atoms with Crippen LogP contribution in [-0.4, -0.2) is 29.0 Å². The van der Waals surface area contributed by atoms with E-state index in [-0.39, 0.29) is 5.41 Å². The van der Waals surface area contributed by atoms with E-state index in [2.05, 4.69) is 52.8 Å². The highest BCUT2D eigenvalue weighted by molar-refractivity contribution is 7.10. The van der Waals surface area contributed by atoms with Gasteiger partial charge < -0.3 is 10.6 Å². The molecule has 2 aromatic heterocycles. The van der Waals surface area contributed by atoms with E-state index in [4.69, 9.17) is 4.98 Å². The maximum atomic E-state index is 4.75. The van der Waals surface area contributed by atoms with Crippen molar-refractivity contribution in [3.63, 3.8) is 0 Å². The van der Waals surface area contributed by atoms with Gasteiger partial charge in [0.1, 0.15) is 5.01 Å². The van der Waals surface area contributed by atoms with E-state index in [1.54, 1.807) is 17.5 Å². The molecule has 0 atom stereocenters. The van der Waals surface area contributed by atoms with Gasteiger partial charge in [-0.1, -0.05) is 26.8 Å². The van der Waals surface area contributed by atoms with Crippen molar-refractivity contribution in [2.75, 3.05) is 13.1 Å². The second-order valence-corrected chi connectivity index (χ2v) is 7.66. The largest absolute Gasteiger partial charge is 0.356 e. The zero-order valence-electron chi connectivity index (χ0n) is 14.3. The standard InChI is InChI=1S/C18H23N5S/c1-18(2,3)15-12-24-16(23-15)14-10-21-17(22-11-14)20-8-6-13-5-4-7-19-9-13/h4-5,7,9-10,12H,6,8,11H2,1-3H3,(H2,20,21,22). The lowest BCUT2D eigenvalue weighted by Crippen LogP contribution is -2.37. The van der Waals surface area contributed by atoms with Gasteiger partial charge in [-0.3, -0.25) is 4.98 Å². The molecule has 2 aromatic rings. The molecule has 3 heterocycles. The van der Waals surface area contributed by atoms with Crippen LogP contribution in [0.1, 0.15) is 37.0 Å². The van der Waals surface area contributed by atoms with Crippen LogP contribution in [0.4, 0.5) is 0 Å². The molecule has 2 N–H and O–H groups in total. The van der Waals surface area contributed by atoms with E-state index in [9.17, 15) is 0 Å². The first-order valence-electron chi connectivity index (χ1n) is 8.11. The fourth-order valence-electron chi connectivity index (χ4n) is 2.28. The van der Waals surface area contributed by atoms with Crippen LogP contribution in [-0.2, 0) is 11.8 Å². The van der Waals surface area contributed by atoms with Crippen LogP contribution in [0.5, 0.6) is 0 Å². The number of nitrogens with zero attached hydrogens (tertiary/aromatic N) is 3. The lowest BCUT2D eigenvalue weighted by Gasteiger charge is -2.16. The van der Waals surface area contributed by atoms with E-state index in [0.29, 0.717) is 6.54 Å². The molecule has 24 heavy (non-hydrogen) atoms. The summed E-state index contributed by atoms with van der Waals surface area (Å²) in [6.45, 7) is 8.02. The summed E-state index contributed by atoms with van der Waals surface area (Å²) in [7, 11) is 0. The SMILES string of the molecule is CC(C)(C)c1csc(C2=CNC(NCCc3cccnc3)=NC2)n1. The zero-order valence-corrected chi connectivity index (χ0v) is 15.2. The Balaban J connectivity index is 1.51.